The van der Waals surface area contributed by atoms with Crippen LogP contribution in [0.1, 0.15) is 148 Å². The Bertz CT molecular complexity index is 2970. The van der Waals surface area contributed by atoms with Gasteiger partial charge in [0.1, 0.15) is 11.2 Å². The van der Waals surface area contributed by atoms with E-state index < -0.39 is 5.97 Å². The molecule has 17 nitrogen and oxygen atoms in total. The molecule has 6 aromatic rings. The van der Waals surface area contributed by atoms with Gasteiger partial charge in [0.05, 0.1) is 51.4 Å². The van der Waals surface area contributed by atoms with E-state index in [9.17, 15) is 24.3 Å². The molecule has 4 aromatic carbocycles. The van der Waals surface area contributed by atoms with Crippen molar-refractivity contribution in [1.82, 2.24) is 29.8 Å². The monoisotopic (exact) mass is 1130 g/mol. The third-order valence-corrected chi connectivity index (χ3v) is 12.7. The Labute approximate surface area is 479 Å². The standard InChI is InChI=1S/C25H25N5O.C20H15N3O2.C5H12N2.2C5H10O2.CH2Cl2/c26-15-17-3-5-20(6-4-17)24-14-23(25(31)29-13-1-2-21(27)16-29)28-30(24)22-11-9-19(10-12-22)18-7-8-18;21-12-13-1-3-16(4-2-13)19-11-18(20(24)25)22-23(19)17-9-7-15(8-10-17)14-5-6-14;6-5-2-1-3-7-4-5;2*1-5(2,3)7-4-6;2-1-3/h3-6,9-12,14,18,21H,1-2,7-8,13,16,27H2;1-4,7-11,14H,5-6H2,(H,24,25);5,7H,1-4,6H2;2*4H,1-3H3;1H2/t21-;;5-;;;/m1.1.../s1. The molecule has 0 unspecified atom stereocenters. The van der Waals surface area contributed by atoms with Crippen molar-refractivity contribution in [2.75, 3.05) is 31.5 Å². The lowest BCUT2D eigenvalue weighted by atomic mass is 10.1. The van der Waals surface area contributed by atoms with E-state index >= 15 is 0 Å². The zero-order valence-electron chi connectivity index (χ0n) is 46.5. The van der Waals surface area contributed by atoms with Gasteiger partial charge in [0.2, 0.25) is 0 Å². The van der Waals surface area contributed by atoms with Gasteiger partial charge in [-0.2, -0.15) is 20.7 Å². The van der Waals surface area contributed by atoms with Crippen LogP contribution in [0.2, 0.25) is 0 Å². The summed E-state index contributed by atoms with van der Waals surface area (Å²) in [6.45, 7) is 15.3. The number of rotatable bonds is 10. The molecule has 0 spiro atoms. The summed E-state index contributed by atoms with van der Waals surface area (Å²) in [6, 6.07) is 39.0. The molecule has 424 valence electrons. The summed E-state index contributed by atoms with van der Waals surface area (Å²) in [5, 5.41) is 39.7. The third-order valence-electron chi connectivity index (χ3n) is 12.7. The fraction of sp³-hybridized carbons (Fsp3) is 0.410. The molecule has 0 bridgehead atoms. The van der Waals surface area contributed by atoms with Crippen LogP contribution in [0.5, 0.6) is 0 Å². The fourth-order valence-corrected chi connectivity index (χ4v) is 8.34. The van der Waals surface area contributed by atoms with E-state index in [2.05, 4.69) is 68.4 Å². The van der Waals surface area contributed by atoms with E-state index in [0.717, 1.165) is 54.1 Å². The van der Waals surface area contributed by atoms with E-state index in [1.165, 1.54) is 49.7 Å². The van der Waals surface area contributed by atoms with E-state index in [0.29, 0.717) is 66.4 Å². The van der Waals surface area contributed by atoms with Crippen LogP contribution < -0.4 is 16.8 Å². The highest BCUT2D eigenvalue weighted by molar-refractivity contribution is 6.40. The Kier molecular flexibility index (Phi) is 24.5. The Balaban J connectivity index is 0.000000211. The van der Waals surface area contributed by atoms with Crippen molar-refractivity contribution in [3.8, 4) is 46.0 Å². The SMILES string of the molecule is CC(C)(C)OC=O.CC(C)(C)OC=O.ClCCl.N#Cc1ccc(-c2cc(C(=O)N3CCC[C@@H](N)C3)nn2-c2ccc(C3CC3)cc2)cc1.N#Cc1ccc(-c2cc(C(=O)O)nn2-c2ccc(C3CC3)cc2)cc1.N[C@@H]1CCCNC1. The maximum atomic E-state index is 13.2. The third kappa shape index (κ3) is 20.7. The molecular weight excluding hydrogens is 1060 g/mol. The van der Waals surface area contributed by atoms with E-state index in [1.54, 1.807) is 52.0 Å². The van der Waals surface area contributed by atoms with Gasteiger partial charge in [-0.25, -0.2) is 14.2 Å². The van der Waals surface area contributed by atoms with E-state index in [-0.39, 0.29) is 34.2 Å². The number of alkyl halides is 2. The molecule has 10 rings (SSSR count). The molecule has 1 amide bonds. The number of hydrogen-bond acceptors (Lipinski definition) is 13. The number of carboxylic acids is 1. The summed E-state index contributed by atoms with van der Waals surface area (Å²) in [5.74, 6) is 0.200. The smallest absolute Gasteiger partial charge is 0.356 e. The summed E-state index contributed by atoms with van der Waals surface area (Å²) in [7, 11) is 0. The minimum Gasteiger partial charge on any atom is -0.476 e. The average molecular weight is 1130 g/mol. The van der Waals surface area contributed by atoms with Gasteiger partial charge in [0.15, 0.2) is 11.4 Å². The first-order valence-electron chi connectivity index (χ1n) is 26.7. The maximum Gasteiger partial charge on any atom is 0.356 e. The number of amides is 1. The van der Waals surface area contributed by atoms with Crippen LogP contribution in [0.3, 0.4) is 0 Å². The van der Waals surface area contributed by atoms with Crippen LogP contribution in [-0.2, 0) is 19.1 Å². The van der Waals surface area contributed by atoms with Crippen LogP contribution in [-0.4, -0.2) is 109 Å². The van der Waals surface area contributed by atoms with Crippen LogP contribution in [0.15, 0.2) is 109 Å². The molecule has 2 aliphatic carbocycles. The summed E-state index contributed by atoms with van der Waals surface area (Å²) in [6.07, 6.45) is 9.30. The summed E-state index contributed by atoms with van der Waals surface area (Å²) in [4.78, 5) is 45.5. The summed E-state index contributed by atoms with van der Waals surface area (Å²) in [5.41, 5.74) is 20.2. The largest absolute Gasteiger partial charge is 0.476 e. The average Bonchev–Trinajstić information content (AvgIpc) is 4.39. The van der Waals surface area contributed by atoms with Gasteiger partial charge >= 0.3 is 5.97 Å². The van der Waals surface area contributed by atoms with Crippen molar-refractivity contribution >= 4 is 48.0 Å². The van der Waals surface area contributed by atoms with Gasteiger partial charge in [0.25, 0.3) is 18.9 Å². The molecule has 2 saturated carbocycles. The number of piperidine rings is 2. The quantitative estimate of drug-likeness (QED) is 0.0735. The molecule has 2 aliphatic heterocycles. The second-order valence-corrected chi connectivity index (χ2v) is 22.4. The number of carbonyl (C=O) groups is 4. The number of aromatic carboxylic acids is 1. The maximum absolute atomic E-state index is 13.2. The molecule has 6 N–H and O–H groups in total. The number of carboxylic acid groups (broad SMARTS) is 1. The minimum absolute atomic E-state index is 0.00868. The van der Waals surface area contributed by atoms with Gasteiger partial charge in [-0.3, -0.25) is 14.4 Å². The van der Waals surface area contributed by atoms with Gasteiger partial charge in [-0.05, 0) is 183 Å². The molecule has 4 heterocycles. The number of halogens is 2. The lowest BCUT2D eigenvalue weighted by molar-refractivity contribution is -0.139. The van der Waals surface area contributed by atoms with Crippen molar-refractivity contribution in [3.63, 3.8) is 0 Å². The predicted molar refractivity (Wildman–Crippen MR) is 312 cm³/mol. The number of likely N-dealkylation sites (tertiary alicyclic amines) is 1. The second-order valence-electron chi connectivity index (χ2n) is 21.6. The Morgan fingerprint density at radius 2 is 1.07 bits per heavy atom. The van der Waals surface area contributed by atoms with Crippen LogP contribution >= 0.6 is 23.2 Å². The number of aromatic nitrogens is 4. The van der Waals surface area contributed by atoms with Crippen molar-refractivity contribution in [2.45, 2.75) is 128 Å². The van der Waals surface area contributed by atoms with Crippen LogP contribution in [0, 0.1) is 22.7 Å². The summed E-state index contributed by atoms with van der Waals surface area (Å²) >= 11 is 9.53. The van der Waals surface area contributed by atoms with Crippen molar-refractivity contribution in [2.24, 2.45) is 11.5 Å². The van der Waals surface area contributed by atoms with E-state index in [4.69, 9.17) is 50.3 Å². The van der Waals surface area contributed by atoms with Crippen LogP contribution in [0.25, 0.3) is 33.9 Å². The van der Waals surface area contributed by atoms with Crippen molar-refractivity contribution in [3.05, 3.63) is 143 Å². The topological polar surface area (TPSA) is 258 Å². The lowest BCUT2D eigenvalue weighted by Gasteiger charge is -2.30. The first kappa shape index (κ1) is 63.5. The highest BCUT2D eigenvalue weighted by Gasteiger charge is 2.27. The van der Waals surface area contributed by atoms with Gasteiger partial charge in [-0.1, -0.05) is 48.5 Å². The molecule has 2 atom stereocenters. The Hall–Kier alpha value is -7.38. The molecular formula is C61H74Cl2N10O7. The number of ether oxygens (including phenoxy) is 2. The molecule has 2 saturated heterocycles. The van der Waals surface area contributed by atoms with Crippen LogP contribution in [0.4, 0.5) is 0 Å². The summed E-state index contributed by atoms with van der Waals surface area (Å²) < 4.78 is 12.6. The number of nitriles is 2. The first-order valence-corrected chi connectivity index (χ1v) is 27.8. The number of nitrogens with zero attached hydrogens (tertiary/aromatic N) is 7. The molecule has 80 heavy (non-hydrogen) atoms. The van der Waals surface area contributed by atoms with Gasteiger partial charge in [0, 0.05) is 42.8 Å². The Morgan fingerprint density at radius 1 is 0.662 bits per heavy atom. The minimum atomic E-state index is -1.07. The number of nitrogens with two attached hydrogens (primary N) is 2. The molecule has 0 radical (unpaired) electrons. The molecule has 19 heteroatoms. The highest BCUT2D eigenvalue weighted by Crippen LogP contribution is 2.41. The lowest BCUT2D eigenvalue weighted by Crippen LogP contribution is -2.45. The van der Waals surface area contributed by atoms with Gasteiger partial charge in [-0.15, -0.1) is 23.2 Å². The fourth-order valence-electron chi connectivity index (χ4n) is 8.34. The van der Waals surface area contributed by atoms with Gasteiger partial charge < -0.3 is 36.3 Å². The van der Waals surface area contributed by atoms with Crippen molar-refractivity contribution < 1.29 is 33.8 Å². The Morgan fingerprint density at radius 3 is 1.39 bits per heavy atom. The second kappa shape index (κ2) is 30.8. The number of hydrogen-bond donors (Lipinski definition) is 4. The predicted octanol–water partition coefficient (Wildman–Crippen LogP) is 10.9. The molecule has 4 fully saturated rings. The van der Waals surface area contributed by atoms with E-state index in [1.807, 2.05) is 76.6 Å². The first-order chi connectivity index (χ1) is 38.2. The molecule has 2 aromatic heterocycles. The van der Waals surface area contributed by atoms with Crippen molar-refractivity contribution in [1.29, 1.82) is 10.5 Å². The number of carbonyl (C=O) groups excluding carboxylic acids is 3. The molecule has 4 aliphatic rings. The highest BCUT2D eigenvalue weighted by atomic mass is 35.5. The number of nitrogens with one attached hydrogen (secondary N) is 1. The number of benzene rings is 4. The zero-order valence-corrected chi connectivity index (χ0v) is 48.0. The normalized spacial score (nSPS) is 16.4. The zero-order chi connectivity index (χ0) is 58.4.